The Morgan fingerprint density at radius 1 is 1.38 bits per heavy atom. The lowest BCUT2D eigenvalue weighted by Crippen LogP contribution is -2.37. The molecule has 0 unspecified atom stereocenters. The molecule has 2 aliphatic heterocycles. The molecule has 6 nitrogen and oxygen atoms in total. The van der Waals surface area contributed by atoms with Crippen LogP contribution in [-0.4, -0.2) is 31.9 Å². The molecule has 5 rings (SSSR count). The van der Waals surface area contributed by atoms with E-state index < -0.39 is 6.04 Å². The lowest BCUT2D eigenvalue weighted by molar-refractivity contribution is 0.405. The third kappa shape index (κ3) is 2.38. The number of aromatic nitrogens is 3. The number of fused-ring (bicyclic) bond motifs is 4. The first-order chi connectivity index (χ1) is 12.6. The van der Waals surface area contributed by atoms with Gasteiger partial charge in [0.25, 0.3) is 5.56 Å². The monoisotopic (exact) mass is 388 g/mol. The number of H-pyrrole nitrogens is 1. The Morgan fingerprint density at radius 2 is 2.27 bits per heavy atom. The standard InChI is InChI=1S/C18H17ClN4O2S/c19-9-2-3-12-11(8-9)10-4-5-20-15(14(10)21-12)13-16(24)22-18-23(17(13)25)6-1-7-26-18/h2-3,8,15,20-21,24H,1,4-7H2/t15-/m1/s1. The molecular weight excluding hydrogens is 372 g/mol. The first kappa shape index (κ1) is 16.2. The number of aromatic amines is 1. The summed E-state index contributed by atoms with van der Waals surface area (Å²) in [6.45, 7) is 1.36. The Morgan fingerprint density at radius 3 is 3.15 bits per heavy atom. The van der Waals surface area contributed by atoms with Gasteiger partial charge in [-0.15, -0.1) is 0 Å². The van der Waals surface area contributed by atoms with Crippen LogP contribution < -0.4 is 10.9 Å². The van der Waals surface area contributed by atoms with Gasteiger partial charge >= 0.3 is 0 Å². The molecule has 0 saturated carbocycles. The van der Waals surface area contributed by atoms with Crippen molar-refractivity contribution < 1.29 is 5.11 Å². The molecule has 0 fully saturated rings. The summed E-state index contributed by atoms with van der Waals surface area (Å²) in [5, 5.41) is 16.3. The average molecular weight is 389 g/mol. The van der Waals surface area contributed by atoms with Crippen LogP contribution >= 0.6 is 23.4 Å². The number of aromatic hydroxyl groups is 1. The van der Waals surface area contributed by atoms with Crippen LogP contribution in [0.4, 0.5) is 0 Å². The van der Waals surface area contributed by atoms with E-state index in [0.29, 0.717) is 28.8 Å². The summed E-state index contributed by atoms with van der Waals surface area (Å²) in [5.41, 5.74) is 3.18. The lowest BCUT2D eigenvalue weighted by atomic mass is 9.95. The Bertz CT molecular complexity index is 1090. The predicted molar refractivity (Wildman–Crippen MR) is 102 cm³/mol. The molecule has 8 heteroatoms. The minimum atomic E-state index is -0.408. The van der Waals surface area contributed by atoms with Gasteiger partial charge in [-0.1, -0.05) is 23.4 Å². The third-order valence-electron chi connectivity index (χ3n) is 5.11. The van der Waals surface area contributed by atoms with Crippen LogP contribution in [0.5, 0.6) is 5.88 Å². The van der Waals surface area contributed by atoms with E-state index in [1.807, 2.05) is 18.2 Å². The van der Waals surface area contributed by atoms with Gasteiger partial charge in [0.2, 0.25) is 5.88 Å². The molecule has 0 radical (unpaired) electrons. The van der Waals surface area contributed by atoms with Crippen LogP contribution in [0.1, 0.15) is 29.3 Å². The minimum Gasteiger partial charge on any atom is -0.493 e. The van der Waals surface area contributed by atoms with E-state index in [4.69, 9.17) is 11.6 Å². The summed E-state index contributed by atoms with van der Waals surface area (Å²) < 4.78 is 1.68. The van der Waals surface area contributed by atoms with Gasteiger partial charge in [-0.05, 0) is 36.6 Å². The van der Waals surface area contributed by atoms with Crippen molar-refractivity contribution in [2.45, 2.75) is 30.6 Å². The van der Waals surface area contributed by atoms with Gasteiger partial charge in [0.15, 0.2) is 5.16 Å². The quantitative estimate of drug-likeness (QED) is 0.558. The van der Waals surface area contributed by atoms with E-state index in [9.17, 15) is 9.90 Å². The zero-order valence-corrected chi connectivity index (χ0v) is 15.5. The molecule has 134 valence electrons. The lowest BCUT2D eigenvalue weighted by Gasteiger charge is -2.26. The largest absolute Gasteiger partial charge is 0.493 e. The number of hydrogen-bond donors (Lipinski definition) is 3. The molecule has 0 bridgehead atoms. The molecule has 0 saturated heterocycles. The Balaban J connectivity index is 1.72. The maximum absolute atomic E-state index is 13.1. The topological polar surface area (TPSA) is 82.9 Å². The highest BCUT2D eigenvalue weighted by atomic mass is 35.5. The summed E-state index contributed by atoms with van der Waals surface area (Å²) >= 11 is 7.68. The second-order valence-corrected chi connectivity index (χ2v) is 8.13. The molecule has 2 aromatic heterocycles. The maximum atomic E-state index is 13.1. The van der Waals surface area contributed by atoms with Crippen LogP contribution in [0.25, 0.3) is 10.9 Å². The van der Waals surface area contributed by atoms with Crippen molar-refractivity contribution in [1.82, 2.24) is 19.9 Å². The number of rotatable bonds is 1. The molecule has 26 heavy (non-hydrogen) atoms. The van der Waals surface area contributed by atoms with E-state index in [2.05, 4.69) is 15.3 Å². The third-order valence-corrected chi connectivity index (χ3v) is 6.41. The van der Waals surface area contributed by atoms with Crippen LogP contribution in [0.15, 0.2) is 28.2 Å². The van der Waals surface area contributed by atoms with Crippen LogP contribution in [-0.2, 0) is 13.0 Å². The predicted octanol–water partition coefficient (Wildman–Crippen LogP) is 2.81. The number of nitrogens with one attached hydrogen (secondary N) is 2. The highest BCUT2D eigenvalue weighted by Crippen LogP contribution is 2.36. The normalized spacial score (nSPS) is 19.3. The van der Waals surface area contributed by atoms with Crippen molar-refractivity contribution >= 4 is 34.3 Å². The summed E-state index contributed by atoms with van der Waals surface area (Å²) in [4.78, 5) is 20.8. The van der Waals surface area contributed by atoms with Gasteiger partial charge in [-0.25, -0.2) is 0 Å². The highest BCUT2D eigenvalue weighted by Gasteiger charge is 2.32. The fraction of sp³-hybridized carbons (Fsp3) is 0.333. The number of hydrogen-bond acceptors (Lipinski definition) is 5. The van der Waals surface area contributed by atoms with E-state index in [1.54, 1.807) is 4.57 Å². The SMILES string of the molecule is O=c1c([C@H]2NCCc3c2[nH]c2ccc(Cl)cc32)c(O)nc2n1CCCS2. The molecule has 3 N–H and O–H groups in total. The van der Waals surface area contributed by atoms with Gasteiger partial charge in [0.1, 0.15) is 5.56 Å². The number of thioether (sulfide) groups is 1. The molecule has 1 aromatic carbocycles. The van der Waals surface area contributed by atoms with Crippen molar-refractivity contribution in [3.05, 3.63) is 50.4 Å². The molecule has 1 atom stereocenters. The van der Waals surface area contributed by atoms with E-state index >= 15 is 0 Å². The fourth-order valence-corrected chi connectivity index (χ4v) is 5.04. The zero-order chi connectivity index (χ0) is 17.8. The van der Waals surface area contributed by atoms with Crippen molar-refractivity contribution in [1.29, 1.82) is 0 Å². The van der Waals surface area contributed by atoms with Crippen molar-refractivity contribution in [3.63, 3.8) is 0 Å². The van der Waals surface area contributed by atoms with Crippen molar-refractivity contribution in [2.24, 2.45) is 0 Å². The van der Waals surface area contributed by atoms with Crippen molar-refractivity contribution in [2.75, 3.05) is 12.3 Å². The molecule has 2 aliphatic rings. The van der Waals surface area contributed by atoms with E-state index in [1.165, 1.54) is 11.8 Å². The molecule has 4 heterocycles. The van der Waals surface area contributed by atoms with Gasteiger partial charge in [0.05, 0.1) is 6.04 Å². The molecular formula is C18H17ClN4O2S. The van der Waals surface area contributed by atoms with Crippen molar-refractivity contribution in [3.8, 4) is 5.88 Å². The number of nitrogens with zero attached hydrogens (tertiary/aromatic N) is 2. The van der Waals surface area contributed by atoms with Gasteiger partial charge in [-0.3, -0.25) is 9.36 Å². The van der Waals surface area contributed by atoms with E-state index in [0.717, 1.165) is 40.8 Å². The van der Waals surface area contributed by atoms with Gasteiger partial charge in [-0.2, -0.15) is 4.98 Å². The molecule has 0 aliphatic carbocycles. The highest BCUT2D eigenvalue weighted by molar-refractivity contribution is 7.99. The smallest absolute Gasteiger partial charge is 0.263 e. The van der Waals surface area contributed by atoms with Gasteiger partial charge < -0.3 is 15.4 Å². The number of halogens is 1. The molecule has 0 spiro atoms. The first-order valence-electron chi connectivity index (χ1n) is 8.63. The second-order valence-electron chi connectivity index (χ2n) is 6.63. The Labute approximate surface area is 158 Å². The molecule has 0 amide bonds. The van der Waals surface area contributed by atoms with Crippen LogP contribution in [0.2, 0.25) is 5.02 Å². The Kier molecular flexibility index (Phi) is 3.77. The summed E-state index contributed by atoms with van der Waals surface area (Å²) in [6.07, 6.45) is 1.76. The molecule has 3 aromatic rings. The summed E-state index contributed by atoms with van der Waals surface area (Å²) in [5.74, 6) is 0.734. The second kappa shape index (κ2) is 6.04. The van der Waals surface area contributed by atoms with Gasteiger partial charge in [0, 0.05) is 40.5 Å². The Hall–Kier alpha value is -1.96. The van der Waals surface area contributed by atoms with E-state index in [-0.39, 0.29) is 11.4 Å². The average Bonchev–Trinajstić information content (AvgIpc) is 3.00. The maximum Gasteiger partial charge on any atom is 0.263 e. The fourth-order valence-electron chi connectivity index (χ4n) is 3.93. The first-order valence-corrected chi connectivity index (χ1v) is 9.99. The number of benzene rings is 1. The zero-order valence-electron chi connectivity index (χ0n) is 13.9. The van der Waals surface area contributed by atoms with Crippen LogP contribution in [0, 0.1) is 0 Å². The summed E-state index contributed by atoms with van der Waals surface area (Å²) in [6, 6.07) is 5.33. The minimum absolute atomic E-state index is 0.165. The summed E-state index contributed by atoms with van der Waals surface area (Å²) in [7, 11) is 0. The van der Waals surface area contributed by atoms with Crippen LogP contribution in [0.3, 0.4) is 0 Å².